The first-order valence-electron chi connectivity index (χ1n) is 8.80. The number of nitrogens with one attached hydrogen (secondary N) is 2. The minimum atomic E-state index is -0.525. The highest BCUT2D eigenvalue weighted by atomic mass is 16.6. The highest BCUT2D eigenvalue weighted by Crippen LogP contribution is 2.15. The van der Waals surface area contributed by atoms with Crippen LogP contribution < -0.4 is 10.6 Å². The normalized spacial score (nSPS) is 15.3. The lowest BCUT2D eigenvalue weighted by molar-refractivity contribution is 0.0486. The number of likely N-dealkylation sites (tertiary alicyclic amines) is 1. The van der Waals surface area contributed by atoms with Crippen LogP contribution in [0, 0.1) is 0 Å². The monoisotopic (exact) mass is 361 g/mol. The molecule has 1 aromatic carbocycles. The second kappa shape index (κ2) is 8.21. The van der Waals surface area contributed by atoms with Crippen molar-refractivity contribution in [2.24, 2.45) is 0 Å². The lowest BCUT2D eigenvalue weighted by Gasteiger charge is -2.32. The molecule has 0 radical (unpaired) electrons. The molecule has 0 bridgehead atoms. The van der Waals surface area contributed by atoms with Gasteiger partial charge in [-0.1, -0.05) is 0 Å². The molecule has 7 heteroatoms. The van der Waals surface area contributed by atoms with Gasteiger partial charge in [-0.05, 0) is 64.8 Å². The molecule has 1 aliphatic heterocycles. The van der Waals surface area contributed by atoms with E-state index in [1.54, 1.807) is 29.2 Å². The number of nitrogens with zero attached hydrogens (tertiary/aromatic N) is 1. The van der Waals surface area contributed by atoms with Gasteiger partial charge in [-0.2, -0.15) is 0 Å². The zero-order chi connectivity index (χ0) is 19.3. The first-order chi connectivity index (χ1) is 12.1. The third-order valence-corrected chi connectivity index (χ3v) is 4.05. The van der Waals surface area contributed by atoms with Crippen LogP contribution in [0.5, 0.6) is 0 Å². The van der Waals surface area contributed by atoms with Gasteiger partial charge in [0.15, 0.2) is 5.78 Å². The van der Waals surface area contributed by atoms with Gasteiger partial charge >= 0.3 is 12.1 Å². The van der Waals surface area contributed by atoms with Gasteiger partial charge < -0.3 is 20.3 Å². The van der Waals surface area contributed by atoms with E-state index >= 15 is 0 Å². The number of Topliss-reactive ketones (excluding diaryl/α,β-unsaturated/α-hetero) is 1. The number of hydrogen-bond donors (Lipinski definition) is 2. The predicted octanol–water partition coefficient (Wildman–Crippen LogP) is 3.41. The topological polar surface area (TPSA) is 87.7 Å². The number of alkyl carbamates (subject to hydrolysis) is 1. The molecule has 0 aliphatic carbocycles. The quantitative estimate of drug-likeness (QED) is 0.808. The summed E-state index contributed by atoms with van der Waals surface area (Å²) in [7, 11) is 0. The summed E-state index contributed by atoms with van der Waals surface area (Å²) in [6.45, 7) is 8.08. The summed E-state index contributed by atoms with van der Waals surface area (Å²) in [4.78, 5) is 37.1. The van der Waals surface area contributed by atoms with Crippen LogP contribution >= 0.6 is 0 Å². The summed E-state index contributed by atoms with van der Waals surface area (Å²) < 4.78 is 5.25. The van der Waals surface area contributed by atoms with Crippen molar-refractivity contribution in [1.82, 2.24) is 10.2 Å². The van der Waals surface area contributed by atoms with Gasteiger partial charge in [0.1, 0.15) is 5.60 Å². The van der Waals surface area contributed by atoms with Crippen molar-refractivity contribution in [3.05, 3.63) is 29.8 Å². The molecule has 1 aromatic rings. The van der Waals surface area contributed by atoms with Gasteiger partial charge in [-0.15, -0.1) is 0 Å². The minimum absolute atomic E-state index is 0.00347. The molecule has 3 amide bonds. The maximum absolute atomic E-state index is 12.3. The van der Waals surface area contributed by atoms with E-state index in [1.165, 1.54) is 6.92 Å². The lowest BCUT2D eigenvalue weighted by Crippen LogP contribution is -2.48. The van der Waals surface area contributed by atoms with Crippen molar-refractivity contribution in [1.29, 1.82) is 0 Å². The molecule has 0 saturated carbocycles. The SMILES string of the molecule is CC(=O)c1ccc(NC(=O)N2CCC(NC(=O)OC(C)(C)C)CC2)cc1. The Morgan fingerprint density at radius 3 is 2.15 bits per heavy atom. The Morgan fingerprint density at radius 1 is 1.08 bits per heavy atom. The molecular weight excluding hydrogens is 334 g/mol. The molecule has 1 saturated heterocycles. The number of carbonyl (C=O) groups excluding carboxylic acids is 3. The molecule has 0 atom stereocenters. The summed E-state index contributed by atoms with van der Waals surface area (Å²) in [5.74, 6) is -0.0116. The van der Waals surface area contributed by atoms with Crippen LogP contribution in [0.4, 0.5) is 15.3 Å². The standard InChI is InChI=1S/C19H27N3O4/c1-13(23)14-5-7-15(8-6-14)20-17(24)22-11-9-16(10-12-22)21-18(25)26-19(2,3)4/h5-8,16H,9-12H2,1-4H3,(H,20,24)(H,21,25). The van der Waals surface area contributed by atoms with Crippen LogP contribution in [-0.4, -0.2) is 47.5 Å². The third-order valence-electron chi connectivity index (χ3n) is 4.05. The van der Waals surface area contributed by atoms with Crippen LogP contribution in [0.1, 0.15) is 50.9 Å². The van der Waals surface area contributed by atoms with Crippen molar-refractivity contribution in [2.45, 2.75) is 52.2 Å². The number of ether oxygens (including phenoxy) is 1. The number of urea groups is 1. The average molecular weight is 361 g/mol. The Kier molecular flexibility index (Phi) is 6.23. The second-order valence-corrected chi connectivity index (χ2v) is 7.47. The summed E-state index contributed by atoms with van der Waals surface area (Å²) in [5.41, 5.74) is 0.730. The number of benzene rings is 1. The van der Waals surface area contributed by atoms with Crippen molar-refractivity contribution in [3.8, 4) is 0 Å². The molecule has 7 nitrogen and oxygen atoms in total. The van der Waals surface area contributed by atoms with Crippen molar-refractivity contribution >= 4 is 23.6 Å². The van der Waals surface area contributed by atoms with Gasteiger partial charge in [0.2, 0.25) is 0 Å². The van der Waals surface area contributed by atoms with E-state index in [0.717, 1.165) is 0 Å². The van der Waals surface area contributed by atoms with Gasteiger partial charge in [0, 0.05) is 30.4 Å². The van der Waals surface area contributed by atoms with Gasteiger partial charge in [0.25, 0.3) is 0 Å². The molecule has 1 fully saturated rings. The van der Waals surface area contributed by atoms with E-state index in [9.17, 15) is 14.4 Å². The maximum atomic E-state index is 12.3. The first-order valence-corrected chi connectivity index (χ1v) is 8.80. The fourth-order valence-electron chi connectivity index (χ4n) is 2.69. The fraction of sp³-hybridized carbons (Fsp3) is 0.526. The zero-order valence-electron chi connectivity index (χ0n) is 15.8. The highest BCUT2D eigenvalue weighted by molar-refractivity contribution is 5.95. The summed E-state index contributed by atoms with van der Waals surface area (Å²) in [6, 6.07) is 6.63. The van der Waals surface area contributed by atoms with E-state index in [-0.39, 0.29) is 17.9 Å². The van der Waals surface area contributed by atoms with Crippen LogP contribution in [0.15, 0.2) is 24.3 Å². The second-order valence-electron chi connectivity index (χ2n) is 7.47. The van der Waals surface area contributed by atoms with E-state index in [4.69, 9.17) is 4.74 Å². The van der Waals surface area contributed by atoms with E-state index in [1.807, 2.05) is 20.8 Å². The lowest BCUT2D eigenvalue weighted by atomic mass is 10.1. The molecule has 2 rings (SSSR count). The smallest absolute Gasteiger partial charge is 0.407 e. The molecule has 0 aromatic heterocycles. The number of rotatable bonds is 3. The molecular formula is C19H27N3O4. The van der Waals surface area contributed by atoms with E-state index in [0.29, 0.717) is 37.2 Å². The Labute approximate surface area is 154 Å². The number of ketones is 1. The Balaban J connectivity index is 1.79. The summed E-state index contributed by atoms with van der Waals surface area (Å²) in [5, 5.41) is 5.68. The molecule has 1 aliphatic rings. The number of piperidine rings is 1. The Morgan fingerprint density at radius 2 is 1.65 bits per heavy atom. The Hall–Kier alpha value is -2.57. The van der Waals surface area contributed by atoms with Crippen LogP contribution in [0.25, 0.3) is 0 Å². The van der Waals surface area contributed by atoms with E-state index in [2.05, 4.69) is 10.6 Å². The molecule has 1 heterocycles. The van der Waals surface area contributed by atoms with Gasteiger partial charge in [0.05, 0.1) is 0 Å². The molecule has 26 heavy (non-hydrogen) atoms. The predicted molar refractivity (Wildman–Crippen MR) is 99.4 cm³/mol. The fourth-order valence-corrected chi connectivity index (χ4v) is 2.69. The zero-order valence-corrected chi connectivity index (χ0v) is 15.8. The highest BCUT2D eigenvalue weighted by Gasteiger charge is 2.25. The molecule has 2 N–H and O–H groups in total. The van der Waals surface area contributed by atoms with Crippen LogP contribution in [0.2, 0.25) is 0 Å². The number of anilines is 1. The van der Waals surface area contributed by atoms with Gasteiger partial charge in [-0.25, -0.2) is 9.59 Å². The summed E-state index contributed by atoms with van der Waals surface area (Å²) in [6.07, 6.45) is 0.928. The van der Waals surface area contributed by atoms with Crippen LogP contribution in [0.3, 0.4) is 0 Å². The molecule has 0 spiro atoms. The number of hydrogen-bond acceptors (Lipinski definition) is 4. The van der Waals surface area contributed by atoms with E-state index < -0.39 is 11.7 Å². The minimum Gasteiger partial charge on any atom is -0.444 e. The largest absolute Gasteiger partial charge is 0.444 e. The number of carbonyl (C=O) groups is 3. The molecule has 0 unspecified atom stereocenters. The van der Waals surface area contributed by atoms with Crippen molar-refractivity contribution < 1.29 is 19.1 Å². The molecule has 142 valence electrons. The number of amides is 3. The van der Waals surface area contributed by atoms with Gasteiger partial charge in [-0.3, -0.25) is 4.79 Å². The van der Waals surface area contributed by atoms with Crippen molar-refractivity contribution in [3.63, 3.8) is 0 Å². The Bertz CT molecular complexity index is 656. The first kappa shape index (κ1) is 19.8. The van der Waals surface area contributed by atoms with Crippen molar-refractivity contribution in [2.75, 3.05) is 18.4 Å². The maximum Gasteiger partial charge on any atom is 0.407 e. The average Bonchev–Trinajstić information content (AvgIpc) is 2.54. The van der Waals surface area contributed by atoms with Crippen LogP contribution in [-0.2, 0) is 4.74 Å². The summed E-state index contributed by atoms with van der Waals surface area (Å²) >= 11 is 0. The third kappa shape index (κ3) is 6.06.